The molecule has 6 nitrogen and oxygen atoms in total. The quantitative estimate of drug-likeness (QED) is 0.620. The van der Waals surface area contributed by atoms with Crippen molar-refractivity contribution in [3.05, 3.63) is 58.6 Å². The molecule has 0 saturated carbocycles. The molecule has 0 saturated heterocycles. The molecule has 1 amide bonds. The Morgan fingerprint density at radius 1 is 1.15 bits per heavy atom. The fraction of sp³-hybridized carbons (Fsp3) is 0.316. The lowest BCUT2D eigenvalue weighted by Crippen LogP contribution is -2.28. The van der Waals surface area contributed by atoms with E-state index in [4.69, 9.17) is 16.3 Å². The van der Waals surface area contributed by atoms with Crippen LogP contribution in [0.3, 0.4) is 0 Å². The molecule has 8 heteroatoms. The van der Waals surface area contributed by atoms with Crippen LogP contribution in [0.2, 0.25) is 5.02 Å². The van der Waals surface area contributed by atoms with Crippen LogP contribution in [0.25, 0.3) is 0 Å². The van der Waals surface area contributed by atoms with Gasteiger partial charge in [-0.3, -0.25) is 9.52 Å². The first-order valence-electron chi connectivity index (χ1n) is 8.56. The van der Waals surface area contributed by atoms with Crippen LogP contribution in [0.5, 0.6) is 5.75 Å². The maximum absolute atomic E-state index is 12.3. The lowest BCUT2D eigenvalue weighted by Gasteiger charge is -2.11. The first-order chi connectivity index (χ1) is 12.8. The molecular formula is C19H23ClN2O4S. The SMILES string of the molecule is CCCc1ccc(OCCNC(=O)c2cc(NS(C)(=O)=O)ccc2Cl)cc1. The predicted octanol–water partition coefficient (Wildman–Crippen LogP) is 3.47. The molecule has 0 aromatic heterocycles. The van der Waals surface area contributed by atoms with Crippen LogP contribution in [0.4, 0.5) is 5.69 Å². The fourth-order valence-corrected chi connectivity index (χ4v) is 3.21. The van der Waals surface area contributed by atoms with Crippen molar-refractivity contribution in [1.29, 1.82) is 0 Å². The average Bonchev–Trinajstić information content (AvgIpc) is 2.60. The van der Waals surface area contributed by atoms with Gasteiger partial charge in [-0.05, 0) is 42.3 Å². The summed E-state index contributed by atoms with van der Waals surface area (Å²) in [4.78, 5) is 12.3. The molecule has 27 heavy (non-hydrogen) atoms. The van der Waals surface area contributed by atoms with Gasteiger partial charge in [0.2, 0.25) is 10.0 Å². The number of carbonyl (C=O) groups is 1. The number of ether oxygens (including phenoxy) is 1. The van der Waals surface area contributed by atoms with E-state index in [0.29, 0.717) is 6.61 Å². The predicted molar refractivity (Wildman–Crippen MR) is 108 cm³/mol. The van der Waals surface area contributed by atoms with Crippen LogP contribution in [0.1, 0.15) is 29.3 Å². The largest absolute Gasteiger partial charge is 0.492 e. The third-order valence-corrected chi connectivity index (χ3v) is 4.57. The molecule has 0 spiro atoms. The minimum atomic E-state index is -3.44. The number of sulfonamides is 1. The smallest absolute Gasteiger partial charge is 0.252 e. The third kappa shape index (κ3) is 7.11. The van der Waals surface area contributed by atoms with Crippen molar-refractivity contribution in [2.45, 2.75) is 19.8 Å². The summed E-state index contributed by atoms with van der Waals surface area (Å²) in [5.41, 5.74) is 1.72. The van der Waals surface area contributed by atoms with Crippen LogP contribution in [-0.4, -0.2) is 33.7 Å². The molecule has 2 aromatic rings. The van der Waals surface area contributed by atoms with Crippen molar-refractivity contribution in [2.24, 2.45) is 0 Å². The lowest BCUT2D eigenvalue weighted by atomic mass is 10.1. The van der Waals surface area contributed by atoms with Crippen LogP contribution in [0.15, 0.2) is 42.5 Å². The molecule has 0 fully saturated rings. The molecule has 0 heterocycles. The highest BCUT2D eigenvalue weighted by atomic mass is 35.5. The maximum Gasteiger partial charge on any atom is 0.252 e. The first-order valence-corrected chi connectivity index (χ1v) is 10.8. The van der Waals surface area contributed by atoms with Crippen molar-refractivity contribution in [3.63, 3.8) is 0 Å². The summed E-state index contributed by atoms with van der Waals surface area (Å²) >= 11 is 6.04. The fourth-order valence-electron chi connectivity index (χ4n) is 2.45. The highest BCUT2D eigenvalue weighted by Gasteiger charge is 2.12. The number of hydrogen-bond donors (Lipinski definition) is 2. The summed E-state index contributed by atoms with van der Waals surface area (Å²) in [5.74, 6) is 0.334. The molecule has 2 aromatic carbocycles. The number of nitrogens with one attached hydrogen (secondary N) is 2. The van der Waals surface area contributed by atoms with E-state index in [1.54, 1.807) is 0 Å². The van der Waals surface area contributed by atoms with E-state index in [2.05, 4.69) is 17.0 Å². The zero-order chi connectivity index (χ0) is 19.9. The number of benzene rings is 2. The van der Waals surface area contributed by atoms with E-state index in [1.165, 1.54) is 23.8 Å². The molecule has 2 N–H and O–H groups in total. The van der Waals surface area contributed by atoms with E-state index in [9.17, 15) is 13.2 Å². The van der Waals surface area contributed by atoms with Crippen molar-refractivity contribution >= 4 is 33.2 Å². The lowest BCUT2D eigenvalue weighted by molar-refractivity contribution is 0.0947. The van der Waals surface area contributed by atoms with Crippen LogP contribution in [0, 0.1) is 0 Å². The zero-order valence-corrected chi connectivity index (χ0v) is 16.9. The standard InChI is InChI=1S/C19H23ClN2O4S/c1-3-4-14-5-8-16(9-6-14)26-12-11-21-19(23)17-13-15(7-10-18(17)20)22-27(2,24)25/h5-10,13,22H,3-4,11-12H2,1-2H3,(H,21,23). The number of rotatable bonds is 9. The van der Waals surface area contributed by atoms with Crippen molar-refractivity contribution < 1.29 is 17.9 Å². The second-order valence-corrected chi connectivity index (χ2v) is 8.22. The topological polar surface area (TPSA) is 84.5 Å². The highest BCUT2D eigenvalue weighted by Crippen LogP contribution is 2.21. The van der Waals surface area contributed by atoms with Gasteiger partial charge in [-0.1, -0.05) is 37.1 Å². The maximum atomic E-state index is 12.3. The van der Waals surface area contributed by atoms with E-state index in [0.717, 1.165) is 24.8 Å². The Balaban J connectivity index is 1.87. The summed E-state index contributed by atoms with van der Waals surface area (Å²) in [6.45, 7) is 2.72. The Kier molecular flexibility index (Phi) is 7.50. The highest BCUT2D eigenvalue weighted by molar-refractivity contribution is 7.92. The molecule has 0 aliphatic heterocycles. The summed E-state index contributed by atoms with van der Waals surface area (Å²) < 4.78 is 30.5. The molecule has 0 aliphatic carbocycles. The van der Waals surface area contributed by atoms with Gasteiger partial charge in [0.05, 0.1) is 23.4 Å². The Morgan fingerprint density at radius 3 is 2.48 bits per heavy atom. The third-order valence-electron chi connectivity index (χ3n) is 3.63. The van der Waals surface area contributed by atoms with E-state index in [-0.39, 0.29) is 22.8 Å². The minimum absolute atomic E-state index is 0.189. The van der Waals surface area contributed by atoms with Crippen LogP contribution in [-0.2, 0) is 16.4 Å². The molecule has 0 unspecified atom stereocenters. The summed E-state index contributed by atoms with van der Waals surface area (Å²) in [6.07, 6.45) is 3.16. The van der Waals surface area contributed by atoms with Crippen LogP contribution < -0.4 is 14.8 Å². The van der Waals surface area contributed by atoms with Gasteiger partial charge in [-0.2, -0.15) is 0 Å². The van der Waals surface area contributed by atoms with Crippen molar-refractivity contribution in [2.75, 3.05) is 24.1 Å². The van der Waals surface area contributed by atoms with Gasteiger partial charge >= 0.3 is 0 Å². The van der Waals surface area contributed by atoms with Gasteiger partial charge < -0.3 is 10.1 Å². The van der Waals surface area contributed by atoms with Gasteiger partial charge in [-0.25, -0.2) is 8.42 Å². The Bertz CT molecular complexity index is 883. The van der Waals surface area contributed by atoms with Crippen molar-refractivity contribution in [3.8, 4) is 5.75 Å². The van der Waals surface area contributed by atoms with Gasteiger partial charge in [0.25, 0.3) is 5.91 Å². The Morgan fingerprint density at radius 2 is 1.85 bits per heavy atom. The summed E-state index contributed by atoms with van der Waals surface area (Å²) in [7, 11) is -3.44. The molecule has 146 valence electrons. The Hall–Kier alpha value is -2.25. The molecule has 0 aliphatic rings. The van der Waals surface area contributed by atoms with Crippen LogP contribution >= 0.6 is 11.6 Å². The zero-order valence-electron chi connectivity index (χ0n) is 15.3. The van der Waals surface area contributed by atoms with Gasteiger partial charge in [0.15, 0.2) is 0 Å². The first kappa shape index (κ1) is 21.1. The number of hydrogen-bond acceptors (Lipinski definition) is 4. The van der Waals surface area contributed by atoms with Crippen molar-refractivity contribution in [1.82, 2.24) is 5.32 Å². The molecular weight excluding hydrogens is 388 g/mol. The summed E-state index contributed by atoms with van der Waals surface area (Å²) in [5, 5.41) is 2.94. The number of halogens is 1. The monoisotopic (exact) mass is 410 g/mol. The molecule has 2 rings (SSSR count). The Labute approximate surface area is 164 Å². The number of anilines is 1. The normalized spacial score (nSPS) is 11.1. The number of amides is 1. The number of aryl methyl sites for hydroxylation is 1. The average molecular weight is 411 g/mol. The number of carbonyl (C=O) groups excluding carboxylic acids is 1. The van der Waals surface area contributed by atoms with E-state index < -0.39 is 15.9 Å². The summed E-state index contributed by atoms with van der Waals surface area (Å²) in [6, 6.07) is 12.2. The minimum Gasteiger partial charge on any atom is -0.492 e. The second kappa shape index (κ2) is 9.62. The molecule has 0 atom stereocenters. The van der Waals surface area contributed by atoms with Gasteiger partial charge in [0, 0.05) is 5.69 Å². The van der Waals surface area contributed by atoms with E-state index in [1.807, 2.05) is 24.3 Å². The van der Waals surface area contributed by atoms with Gasteiger partial charge in [0.1, 0.15) is 12.4 Å². The van der Waals surface area contributed by atoms with Gasteiger partial charge in [-0.15, -0.1) is 0 Å². The second-order valence-electron chi connectivity index (χ2n) is 6.07. The molecule has 0 bridgehead atoms. The molecule has 0 radical (unpaired) electrons. The van der Waals surface area contributed by atoms with E-state index >= 15 is 0 Å².